The van der Waals surface area contributed by atoms with Gasteiger partial charge in [-0.25, -0.2) is 19.1 Å². The summed E-state index contributed by atoms with van der Waals surface area (Å²) in [4.78, 5) is 18.0. The van der Waals surface area contributed by atoms with Crippen molar-refractivity contribution in [2.24, 2.45) is 5.92 Å². The number of carbonyl (C=O) groups is 1. The Morgan fingerprint density at radius 2 is 2.08 bits per heavy atom. The van der Waals surface area contributed by atoms with Gasteiger partial charge in [-0.05, 0) is 43.2 Å². The van der Waals surface area contributed by atoms with E-state index in [0.29, 0.717) is 23.6 Å². The van der Waals surface area contributed by atoms with Crippen LogP contribution in [0.15, 0.2) is 54.4 Å². The number of amides is 1. The molecule has 2 aromatic rings. The topological polar surface area (TPSA) is 42.4 Å². The summed E-state index contributed by atoms with van der Waals surface area (Å²) in [6.45, 7) is 0.443. The van der Waals surface area contributed by atoms with Crippen LogP contribution in [0.5, 0.6) is 0 Å². The van der Waals surface area contributed by atoms with Gasteiger partial charge in [0.1, 0.15) is 18.2 Å². The molecule has 0 N–H and O–H groups in total. The lowest BCUT2D eigenvalue weighted by atomic mass is 10.1. The van der Waals surface area contributed by atoms with E-state index in [9.17, 15) is 9.18 Å². The van der Waals surface area contributed by atoms with Crippen LogP contribution in [0.1, 0.15) is 24.0 Å². The molecule has 1 atom stereocenters. The molecule has 25 heavy (non-hydrogen) atoms. The van der Waals surface area contributed by atoms with E-state index in [2.05, 4.69) is 22.9 Å². The Balaban J connectivity index is 1.57. The highest BCUT2D eigenvalue weighted by Gasteiger charge is 2.36. The Bertz CT molecular complexity index is 909. The van der Waals surface area contributed by atoms with Crippen LogP contribution in [0, 0.1) is 23.6 Å². The summed E-state index contributed by atoms with van der Waals surface area (Å²) >= 11 is 0. The fourth-order valence-corrected chi connectivity index (χ4v) is 3.06. The summed E-state index contributed by atoms with van der Waals surface area (Å²) < 4.78 is 18.4. The summed E-state index contributed by atoms with van der Waals surface area (Å²) in [5, 5.41) is 0. The molecule has 1 aliphatic carbocycles. The number of hydrogen-bond donors (Lipinski definition) is 0. The molecule has 0 saturated carbocycles. The first-order valence-corrected chi connectivity index (χ1v) is 8.11. The van der Waals surface area contributed by atoms with E-state index < -0.39 is 6.09 Å². The Hall–Kier alpha value is -3.13. The lowest BCUT2D eigenvalue weighted by molar-refractivity contribution is 0.127. The van der Waals surface area contributed by atoms with E-state index in [0.717, 1.165) is 18.5 Å². The van der Waals surface area contributed by atoms with Crippen molar-refractivity contribution in [3.05, 3.63) is 71.3 Å². The van der Waals surface area contributed by atoms with Crippen LogP contribution >= 0.6 is 0 Å². The molecule has 0 spiro atoms. The number of rotatable bonds is 1. The van der Waals surface area contributed by atoms with Gasteiger partial charge >= 0.3 is 6.09 Å². The van der Waals surface area contributed by atoms with Gasteiger partial charge in [0.2, 0.25) is 0 Å². The largest absolute Gasteiger partial charge is 0.448 e. The molecular weight excluding hydrogens is 319 g/mol. The third kappa shape index (κ3) is 3.11. The number of hydrogen-bond acceptors (Lipinski definition) is 3. The third-order valence-corrected chi connectivity index (χ3v) is 4.29. The van der Waals surface area contributed by atoms with E-state index in [-0.39, 0.29) is 11.7 Å². The van der Waals surface area contributed by atoms with Gasteiger partial charge in [-0.15, -0.1) is 0 Å². The maximum atomic E-state index is 13.2. The zero-order valence-corrected chi connectivity index (χ0v) is 13.4. The second kappa shape index (κ2) is 6.40. The number of aromatic nitrogens is 1. The fraction of sp³-hybridized carbons (Fsp3) is 0.200. The maximum absolute atomic E-state index is 13.2. The number of anilines is 1. The lowest BCUT2D eigenvalue weighted by Gasteiger charge is -2.31. The summed E-state index contributed by atoms with van der Waals surface area (Å²) in [7, 11) is 0. The van der Waals surface area contributed by atoms with Crippen LogP contribution in [0.3, 0.4) is 0 Å². The normalized spacial score (nSPS) is 18.8. The van der Waals surface area contributed by atoms with Crippen LogP contribution in [-0.4, -0.2) is 17.7 Å². The minimum atomic E-state index is -0.393. The zero-order chi connectivity index (χ0) is 17.2. The van der Waals surface area contributed by atoms with Gasteiger partial charge in [0, 0.05) is 28.9 Å². The molecule has 4 nitrogen and oxygen atoms in total. The SMILES string of the molecule is O=C1OCC2CCC=C2N1c1ccc(C#Cc2cccc(F)c2)cn1. The van der Waals surface area contributed by atoms with Gasteiger partial charge < -0.3 is 4.74 Å². The van der Waals surface area contributed by atoms with Crippen LogP contribution in [-0.2, 0) is 4.74 Å². The van der Waals surface area contributed by atoms with E-state index >= 15 is 0 Å². The molecule has 1 amide bonds. The first-order chi connectivity index (χ1) is 12.2. The fourth-order valence-electron chi connectivity index (χ4n) is 3.06. The Labute approximate surface area is 144 Å². The van der Waals surface area contributed by atoms with Gasteiger partial charge in [0.05, 0.1) is 0 Å². The average molecular weight is 334 g/mol. The van der Waals surface area contributed by atoms with Gasteiger partial charge in [-0.3, -0.25) is 0 Å². The Kier molecular flexibility index (Phi) is 3.95. The highest BCUT2D eigenvalue weighted by molar-refractivity contribution is 5.91. The number of fused-ring (bicyclic) bond motifs is 1. The van der Waals surface area contributed by atoms with Crippen molar-refractivity contribution in [3.63, 3.8) is 0 Å². The number of ether oxygens (including phenoxy) is 1. The Morgan fingerprint density at radius 3 is 2.88 bits per heavy atom. The molecule has 1 saturated heterocycles. The first kappa shape index (κ1) is 15.4. The number of benzene rings is 1. The molecule has 4 rings (SSSR count). The summed E-state index contributed by atoms with van der Waals surface area (Å²) in [5.41, 5.74) is 2.26. The van der Waals surface area contributed by atoms with Gasteiger partial charge in [-0.2, -0.15) is 0 Å². The molecule has 0 radical (unpaired) electrons. The molecule has 2 aliphatic rings. The molecule has 1 aliphatic heterocycles. The number of carbonyl (C=O) groups excluding carboxylic acids is 1. The van der Waals surface area contributed by atoms with Crippen molar-refractivity contribution >= 4 is 11.9 Å². The monoisotopic (exact) mass is 334 g/mol. The molecule has 1 aromatic heterocycles. The van der Waals surface area contributed by atoms with Crippen molar-refractivity contribution in [2.75, 3.05) is 11.5 Å². The van der Waals surface area contributed by atoms with Gasteiger partial charge in [0.25, 0.3) is 0 Å². The smallest absolute Gasteiger partial charge is 0.419 e. The molecule has 2 heterocycles. The first-order valence-electron chi connectivity index (χ1n) is 8.11. The molecule has 124 valence electrons. The molecule has 1 fully saturated rings. The molecule has 0 bridgehead atoms. The molecule has 1 unspecified atom stereocenters. The number of cyclic esters (lactones) is 1. The number of allylic oxidation sites excluding steroid dienone is 1. The molecular formula is C20H15FN2O2. The summed E-state index contributed by atoms with van der Waals surface area (Å²) in [5.74, 6) is 6.31. The number of halogens is 1. The minimum absolute atomic E-state index is 0.256. The average Bonchev–Trinajstić information content (AvgIpc) is 3.09. The number of nitrogens with zero attached hydrogens (tertiary/aromatic N) is 2. The Morgan fingerprint density at radius 1 is 1.20 bits per heavy atom. The summed E-state index contributed by atoms with van der Waals surface area (Å²) in [6, 6.07) is 9.66. The van der Waals surface area contributed by atoms with Crippen LogP contribution in [0.4, 0.5) is 15.0 Å². The second-order valence-corrected chi connectivity index (χ2v) is 5.98. The molecule has 1 aromatic carbocycles. The quantitative estimate of drug-likeness (QED) is 0.744. The van der Waals surface area contributed by atoms with Crippen LogP contribution in [0.25, 0.3) is 0 Å². The number of pyridine rings is 1. The van der Waals surface area contributed by atoms with E-state index in [4.69, 9.17) is 4.74 Å². The minimum Gasteiger partial charge on any atom is -0.448 e. The van der Waals surface area contributed by atoms with Crippen molar-refractivity contribution in [3.8, 4) is 11.8 Å². The predicted octanol–water partition coefficient (Wildman–Crippen LogP) is 3.87. The van der Waals surface area contributed by atoms with Crippen molar-refractivity contribution < 1.29 is 13.9 Å². The van der Waals surface area contributed by atoms with E-state index in [1.54, 1.807) is 30.5 Å². The summed E-state index contributed by atoms with van der Waals surface area (Å²) in [6.07, 6.45) is 5.23. The zero-order valence-electron chi connectivity index (χ0n) is 13.4. The van der Waals surface area contributed by atoms with Crippen molar-refractivity contribution in [1.29, 1.82) is 0 Å². The van der Waals surface area contributed by atoms with E-state index in [1.165, 1.54) is 17.0 Å². The van der Waals surface area contributed by atoms with Gasteiger partial charge in [0.15, 0.2) is 0 Å². The van der Waals surface area contributed by atoms with Crippen molar-refractivity contribution in [2.45, 2.75) is 12.8 Å². The lowest BCUT2D eigenvalue weighted by Crippen LogP contribution is -2.40. The maximum Gasteiger partial charge on any atom is 0.419 e. The van der Waals surface area contributed by atoms with Crippen molar-refractivity contribution in [1.82, 2.24) is 4.98 Å². The van der Waals surface area contributed by atoms with Crippen LogP contribution < -0.4 is 4.90 Å². The van der Waals surface area contributed by atoms with E-state index in [1.807, 2.05) is 0 Å². The highest BCUT2D eigenvalue weighted by Crippen LogP contribution is 2.35. The van der Waals surface area contributed by atoms with Gasteiger partial charge in [-0.1, -0.05) is 24.0 Å². The second-order valence-electron chi connectivity index (χ2n) is 5.98. The van der Waals surface area contributed by atoms with Crippen LogP contribution in [0.2, 0.25) is 0 Å². The highest BCUT2D eigenvalue weighted by atomic mass is 19.1. The standard InChI is InChI=1S/C20H15FN2O2/c21-17-5-1-3-14(11-17)7-8-15-9-10-19(22-12-15)23-18-6-2-4-16(18)13-25-20(23)24/h1,3,5-6,9-12,16H,2,4,13H2. The predicted molar refractivity (Wildman–Crippen MR) is 91.3 cm³/mol. The molecule has 5 heteroatoms. The third-order valence-electron chi connectivity index (χ3n) is 4.29.